The van der Waals surface area contributed by atoms with E-state index in [4.69, 9.17) is 11.6 Å². The SMILES string of the molecule is CNC(=O)/C=C/c1ccc(S(=O)(=O)NCc2ccc(Cl)cc2)cc1. The van der Waals surface area contributed by atoms with Crippen LogP contribution in [-0.2, 0) is 21.4 Å². The minimum absolute atomic E-state index is 0.161. The van der Waals surface area contributed by atoms with Crippen LogP contribution in [0.4, 0.5) is 0 Å². The zero-order valence-electron chi connectivity index (χ0n) is 13.0. The van der Waals surface area contributed by atoms with E-state index in [1.54, 1.807) is 42.5 Å². The number of hydrogen-bond acceptors (Lipinski definition) is 3. The lowest BCUT2D eigenvalue weighted by Gasteiger charge is -2.07. The molecular formula is C17H17ClN2O3S. The highest BCUT2D eigenvalue weighted by atomic mass is 35.5. The van der Waals surface area contributed by atoms with Gasteiger partial charge in [-0.3, -0.25) is 4.79 Å². The van der Waals surface area contributed by atoms with Gasteiger partial charge in [0.1, 0.15) is 0 Å². The number of amides is 1. The molecule has 2 rings (SSSR count). The van der Waals surface area contributed by atoms with Crippen LogP contribution in [-0.4, -0.2) is 21.4 Å². The van der Waals surface area contributed by atoms with Crippen molar-refractivity contribution in [2.24, 2.45) is 0 Å². The monoisotopic (exact) mass is 364 g/mol. The number of carbonyl (C=O) groups is 1. The molecule has 5 nitrogen and oxygen atoms in total. The number of carbonyl (C=O) groups excluding carboxylic acids is 1. The summed E-state index contributed by atoms with van der Waals surface area (Å²) in [4.78, 5) is 11.3. The van der Waals surface area contributed by atoms with Crippen molar-refractivity contribution in [2.45, 2.75) is 11.4 Å². The van der Waals surface area contributed by atoms with Crippen molar-refractivity contribution in [3.05, 3.63) is 70.8 Å². The minimum atomic E-state index is -3.61. The van der Waals surface area contributed by atoms with E-state index in [2.05, 4.69) is 10.0 Å². The van der Waals surface area contributed by atoms with Gasteiger partial charge in [0.2, 0.25) is 15.9 Å². The first-order valence-electron chi connectivity index (χ1n) is 7.15. The van der Waals surface area contributed by atoms with Gasteiger partial charge in [-0.25, -0.2) is 13.1 Å². The van der Waals surface area contributed by atoms with E-state index in [1.165, 1.54) is 25.3 Å². The smallest absolute Gasteiger partial charge is 0.243 e. The molecule has 0 aliphatic heterocycles. The van der Waals surface area contributed by atoms with E-state index in [0.29, 0.717) is 5.02 Å². The van der Waals surface area contributed by atoms with Gasteiger partial charge in [-0.05, 0) is 41.5 Å². The molecule has 0 unspecified atom stereocenters. The van der Waals surface area contributed by atoms with Crippen molar-refractivity contribution in [1.82, 2.24) is 10.0 Å². The van der Waals surface area contributed by atoms with Crippen molar-refractivity contribution in [1.29, 1.82) is 0 Å². The van der Waals surface area contributed by atoms with Gasteiger partial charge in [-0.15, -0.1) is 0 Å². The van der Waals surface area contributed by atoms with Gasteiger partial charge in [0, 0.05) is 24.7 Å². The fourth-order valence-electron chi connectivity index (χ4n) is 1.88. The summed E-state index contributed by atoms with van der Waals surface area (Å²) in [6, 6.07) is 13.2. The van der Waals surface area contributed by atoms with E-state index in [-0.39, 0.29) is 17.3 Å². The minimum Gasteiger partial charge on any atom is -0.356 e. The Morgan fingerprint density at radius 3 is 2.29 bits per heavy atom. The van der Waals surface area contributed by atoms with Crippen LogP contribution in [0.25, 0.3) is 6.08 Å². The number of rotatable bonds is 6. The lowest BCUT2D eigenvalue weighted by atomic mass is 10.2. The van der Waals surface area contributed by atoms with Crippen LogP contribution in [0.3, 0.4) is 0 Å². The highest BCUT2D eigenvalue weighted by molar-refractivity contribution is 7.89. The molecule has 0 heterocycles. The van der Waals surface area contributed by atoms with Gasteiger partial charge < -0.3 is 5.32 Å². The van der Waals surface area contributed by atoms with E-state index in [1.807, 2.05) is 0 Å². The largest absolute Gasteiger partial charge is 0.356 e. The summed E-state index contributed by atoms with van der Waals surface area (Å²) in [6.07, 6.45) is 2.98. The molecule has 2 aromatic carbocycles. The summed E-state index contributed by atoms with van der Waals surface area (Å²) < 4.78 is 27.1. The molecule has 7 heteroatoms. The third-order valence-electron chi connectivity index (χ3n) is 3.24. The lowest BCUT2D eigenvalue weighted by molar-refractivity contribution is -0.115. The maximum atomic E-state index is 12.3. The normalized spacial score (nSPS) is 11.6. The van der Waals surface area contributed by atoms with E-state index in [9.17, 15) is 13.2 Å². The number of nitrogens with one attached hydrogen (secondary N) is 2. The molecule has 24 heavy (non-hydrogen) atoms. The molecule has 0 aromatic heterocycles. The van der Waals surface area contributed by atoms with E-state index < -0.39 is 10.0 Å². The molecular weight excluding hydrogens is 348 g/mol. The number of sulfonamides is 1. The lowest BCUT2D eigenvalue weighted by Crippen LogP contribution is -2.23. The Morgan fingerprint density at radius 2 is 1.71 bits per heavy atom. The van der Waals surface area contributed by atoms with Gasteiger partial charge in [0.05, 0.1) is 4.90 Å². The molecule has 0 radical (unpaired) electrons. The van der Waals surface area contributed by atoms with Crippen molar-refractivity contribution >= 4 is 33.6 Å². The zero-order chi connectivity index (χ0) is 17.6. The number of benzene rings is 2. The Hall–Kier alpha value is -2.15. The quantitative estimate of drug-likeness (QED) is 0.773. The Morgan fingerprint density at radius 1 is 1.08 bits per heavy atom. The first kappa shape index (κ1) is 18.2. The Labute approximate surface area is 146 Å². The summed E-state index contributed by atoms with van der Waals surface area (Å²) in [5.41, 5.74) is 1.54. The van der Waals surface area contributed by atoms with Crippen LogP contribution < -0.4 is 10.0 Å². The fourth-order valence-corrected chi connectivity index (χ4v) is 3.02. The van der Waals surface area contributed by atoms with Crippen LogP contribution in [0.2, 0.25) is 5.02 Å². The molecule has 0 atom stereocenters. The average molecular weight is 365 g/mol. The van der Waals surface area contributed by atoms with Crippen molar-refractivity contribution < 1.29 is 13.2 Å². The van der Waals surface area contributed by atoms with Gasteiger partial charge in [-0.1, -0.05) is 35.9 Å². The molecule has 0 spiro atoms. The van der Waals surface area contributed by atoms with Gasteiger partial charge in [0.25, 0.3) is 0 Å². The molecule has 1 amide bonds. The maximum absolute atomic E-state index is 12.3. The van der Waals surface area contributed by atoms with E-state index >= 15 is 0 Å². The first-order valence-corrected chi connectivity index (χ1v) is 9.01. The summed E-state index contributed by atoms with van der Waals surface area (Å²) in [5.74, 6) is -0.226. The Bertz CT molecular complexity index is 829. The Balaban J connectivity index is 2.05. The van der Waals surface area contributed by atoms with Crippen molar-refractivity contribution in [3.63, 3.8) is 0 Å². The Kier molecular flexibility index (Phi) is 6.14. The summed E-state index contributed by atoms with van der Waals surface area (Å²) >= 11 is 5.80. The van der Waals surface area contributed by atoms with E-state index in [0.717, 1.165) is 11.1 Å². The summed E-state index contributed by atoms with van der Waals surface area (Å²) in [5, 5.41) is 3.07. The van der Waals surface area contributed by atoms with Crippen LogP contribution in [0.5, 0.6) is 0 Å². The van der Waals surface area contributed by atoms with Crippen molar-refractivity contribution in [2.75, 3.05) is 7.05 Å². The zero-order valence-corrected chi connectivity index (χ0v) is 14.6. The number of likely N-dealkylation sites (N-methyl/N-ethyl adjacent to an activating group) is 1. The topological polar surface area (TPSA) is 75.3 Å². The number of hydrogen-bond donors (Lipinski definition) is 2. The molecule has 2 N–H and O–H groups in total. The molecule has 0 fully saturated rings. The third-order valence-corrected chi connectivity index (χ3v) is 4.91. The molecule has 0 saturated heterocycles. The van der Waals surface area contributed by atoms with Crippen molar-refractivity contribution in [3.8, 4) is 0 Å². The number of halogens is 1. The molecule has 0 saturated carbocycles. The second-order valence-corrected chi connectivity index (χ2v) is 7.17. The predicted octanol–water partition coefficient (Wildman–Crippen LogP) is 2.58. The van der Waals surface area contributed by atoms with Crippen LogP contribution in [0.15, 0.2) is 59.5 Å². The highest BCUT2D eigenvalue weighted by Gasteiger charge is 2.13. The average Bonchev–Trinajstić information content (AvgIpc) is 2.59. The molecule has 0 aliphatic carbocycles. The van der Waals surface area contributed by atoms with Gasteiger partial charge in [0.15, 0.2) is 0 Å². The molecule has 126 valence electrons. The van der Waals surface area contributed by atoms with Crippen LogP contribution >= 0.6 is 11.6 Å². The fraction of sp³-hybridized carbons (Fsp3) is 0.118. The highest BCUT2D eigenvalue weighted by Crippen LogP contribution is 2.13. The summed E-state index contributed by atoms with van der Waals surface area (Å²) in [6.45, 7) is 0.178. The van der Waals surface area contributed by atoms with Gasteiger partial charge in [-0.2, -0.15) is 0 Å². The second kappa shape index (κ2) is 8.10. The van der Waals surface area contributed by atoms with Crippen LogP contribution in [0.1, 0.15) is 11.1 Å². The molecule has 0 aliphatic rings. The molecule has 0 bridgehead atoms. The summed E-state index contributed by atoms with van der Waals surface area (Å²) in [7, 11) is -2.07. The third kappa shape index (κ3) is 5.19. The standard InChI is InChI=1S/C17H17ClN2O3S/c1-19-17(21)11-6-13-4-9-16(10-5-13)24(22,23)20-12-14-2-7-15(18)8-3-14/h2-11,20H,12H2,1H3,(H,19,21)/b11-6+. The van der Waals surface area contributed by atoms with Crippen LogP contribution in [0, 0.1) is 0 Å². The maximum Gasteiger partial charge on any atom is 0.243 e. The second-order valence-electron chi connectivity index (χ2n) is 4.97. The molecule has 2 aromatic rings. The first-order chi connectivity index (χ1) is 11.4. The van der Waals surface area contributed by atoms with Gasteiger partial charge >= 0.3 is 0 Å². The predicted molar refractivity (Wildman–Crippen MR) is 95.0 cm³/mol.